The predicted octanol–water partition coefficient (Wildman–Crippen LogP) is 3.38. The predicted molar refractivity (Wildman–Crippen MR) is 85.5 cm³/mol. The van der Waals surface area contributed by atoms with Crippen LogP contribution in [0.3, 0.4) is 0 Å². The number of hydrogen-bond donors (Lipinski definition) is 0. The maximum absolute atomic E-state index is 12.1. The van der Waals surface area contributed by atoms with Gasteiger partial charge in [-0.25, -0.2) is 4.79 Å². The lowest BCUT2D eigenvalue weighted by molar-refractivity contribution is -0.127. The Bertz CT molecular complexity index is 810. The average molecular weight is 308 g/mol. The molecule has 4 nitrogen and oxygen atoms in total. The van der Waals surface area contributed by atoms with E-state index in [0.717, 1.165) is 5.56 Å². The summed E-state index contributed by atoms with van der Waals surface area (Å²) in [5.74, 6) is 5.65. The molecule has 0 N–H and O–H groups in total. The van der Waals surface area contributed by atoms with E-state index in [1.807, 2.05) is 30.3 Å². The third kappa shape index (κ3) is 3.14. The van der Waals surface area contributed by atoms with Gasteiger partial charge in [-0.15, -0.1) is 0 Å². The Labute approximate surface area is 135 Å². The molecule has 0 unspecified atom stereocenters. The lowest BCUT2D eigenvalue weighted by atomic mass is 10.1. The van der Waals surface area contributed by atoms with Gasteiger partial charge in [0.15, 0.2) is 0 Å². The summed E-state index contributed by atoms with van der Waals surface area (Å²) in [6.07, 6.45) is 0. The van der Waals surface area contributed by atoms with Crippen molar-refractivity contribution in [3.8, 4) is 23.3 Å². The summed E-state index contributed by atoms with van der Waals surface area (Å²) in [5, 5.41) is 0. The van der Waals surface area contributed by atoms with Gasteiger partial charge in [-0.3, -0.25) is 0 Å². The van der Waals surface area contributed by atoms with E-state index in [1.54, 1.807) is 33.1 Å². The molecule has 0 spiro atoms. The summed E-state index contributed by atoms with van der Waals surface area (Å²) in [7, 11) is 1.56. The normalized spacial score (nSPS) is 14.7. The van der Waals surface area contributed by atoms with E-state index in [4.69, 9.17) is 14.2 Å². The molecule has 116 valence electrons. The van der Waals surface area contributed by atoms with Gasteiger partial charge in [0.2, 0.25) is 5.79 Å². The number of fused-ring (bicyclic) bond motifs is 1. The molecule has 0 saturated carbocycles. The number of rotatable bonds is 1. The van der Waals surface area contributed by atoms with Crippen molar-refractivity contribution in [2.24, 2.45) is 0 Å². The summed E-state index contributed by atoms with van der Waals surface area (Å²) in [6, 6.07) is 12.9. The van der Waals surface area contributed by atoms with Gasteiger partial charge in [0.25, 0.3) is 0 Å². The number of esters is 1. The Hall–Kier alpha value is -2.93. The minimum absolute atomic E-state index is 0.350. The lowest BCUT2D eigenvalue weighted by Crippen LogP contribution is -2.38. The molecule has 1 aliphatic heterocycles. The Morgan fingerprint density at radius 1 is 1.04 bits per heavy atom. The molecule has 4 heteroatoms. The third-order valence-electron chi connectivity index (χ3n) is 3.33. The molecule has 0 amide bonds. The van der Waals surface area contributed by atoms with Crippen LogP contribution in [0.25, 0.3) is 0 Å². The number of carbonyl (C=O) groups excluding carboxylic acids is 1. The summed E-state index contributed by atoms with van der Waals surface area (Å²) in [5.41, 5.74) is 1.84. The topological polar surface area (TPSA) is 44.8 Å². The first-order chi connectivity index (χ1) is 11.0. The molecule has 0 aliphatic carbocycles. The largest absolute Gasteiger partial charge is 0.495 e. The van der Waals surface area contributed by atoms with E-state index < -0.39 is 11.8 Å². The molecule has 1 aliphatic rings. The maximum Gasteiger partial charge on any atom is 0.345 e. The van der Waals surface area contributed by atoms with Gasteiger partial charge in [0.1, 0.15) is 17.1 Å². The Kier molecular flexibility index (Phi) is 3.71. The second kappa shape index (κ2) is 5.69. The zero-order chi connectivity index (χ0) is 16.4. The van der Waals surface area contributed by atoms with Crippen LogP contribution in [0.4, 0.5) is 0 Å². The van der Waals surface area contributed by atoms with Crippen LogP contribution in [-0.2, 0) is 4.74 Å². The van der Waals surface area contributed by atoms with Crippen molar-refractivity contribution in [2.75, 3.05) is 7.11 Å². The quantitative estimate of drug-likeness (QED) is 0.598. The van der Waals surface area contributed by atoms with Crippen LogP contribution < -0.4 is 9.47 Å². The van der Waals surface area contributed by atoms with Gasteiger partial charge in [-0.2, -0.15) is 0 Å². The molecule has 0 aromatic heterocycles. The highest BCUT2D eigenvalue weighted by Gasteiger charge is 2.34. The highest BCUT2D eigenvalue weighted by molar-refractivity contribution is 5.94. The Balaban J connectivity index is 2.04. The number of carbonyl (C=O) groups is 1. The fraction of sp³-hybridized carbons (Fsp3) is 0.211. The molecular formula is C19H16O4. The number of cyclic esters (lactones) is 1. The van der Waals surface area contributed by atoms with Crippen molar-refractivity contribution < 1.29 is 19.0 Å². The van der Waals surface area contributed by atoms with Crippen LogP contribution in [0, 0.1) is 11.8 Å². The van der Waals surface area contributed by atoms with Crippen molar-refractivity contribution >= 4 is 5.97 Å². The van der Waals surface area contributed by atoms with Crippen molar-refractivity contribution in [1.29, 1.82) is 0 Å². The van der Waals surface area contributed by atoms with Crippen molar-refractivity contribution in [2.45, 2.75) is 19.6 Å². The van der Waals surface area contributed by atoms with Gasteiger partial charge in [-0.05, 0) is 18.2 Å². The summed E-state index contributed by atoms with van der Waals surface area (Å²) in [6.45, 7) is 3.37. The van der Waals surface area contributed by atoms with Crippen LogP contribution in [0.15, 0.2) is 42.5 Å². The zero-order valence-electron chi connectivity index (χ0n) is 13.2. The third-order valence-corrected chi connectivity index (χ3v) is 3.33. The number of hydrogen-bond acceptors (Lipinski definition) is 4. The molecule has 23 heavy (non-hydrogen) atoms. The second-order valence-corrected chi connectivity index (χ2v) is 5.56. The van der Waals surface area contributed by atoms with Crippen molar-refractivity contribution in [1.82, 2.24) is 0 Å². The highest BCUT2D eigenvalue weighted by atomic mass is 16.7. The smallest absolute Gasteiger partial charge is 0.345 e. The molecule has 3 rings (SSSR count). The molecule has 0 saturated heterocycles. The van der Waals surface area contributed by atoms with Gasteiger partial charge >= 0.3 is 5.97 Å². The summed E-state index contributed by atoms with van der Waals surface area (Å²) in [4.78, 5) is 12.1. The molecule has 2 aromatic rings. The van der Waals surface area contributed by atoms with E-state index in [0.29, 0.717) is 22.6 Å². The van der Waals surface area contributed by atoms with Crippen LogP contribution in [0.5, 0.6) is 11.5 Å². The fourth-order valence-electron chi connectivity index (χ4n) is 2.30. The summed E-state index contributed by atoms with van der Waals surface area (Å²) >= 11 is 0. The Morgan fingerprint density at radius 3 is 2.48 bits per heavy atom. The van der Waals surface area contributed by atoms with Gasteiger partial charge in [0, 0.05) is 25.5 Å². The first kappa shape index (κ1) is 15.0. The monoisotopic (exact) mass is 308 g/mol. The van der Waals surface area contributed by atoms with Crippen LogP contribution >= 0.6 is 0 Å². The molecule has 0 bridgehead atoms. The highest BCUT2D eigenvalue weighted by Crippen LogP contribution is 2.36. The van der Waals surface area contributed by atoms with Crippen LogP contribution in [0.1, 0.15) is 35.3 Å². The van der Waals surface area contributed by atoms with E-state index in [1.165, 1.54) is 0 Å². The van der Waals surface area contributed by atoms with E-state index in [2.05, 4.69) is 11.8 Å². The standard InChI is InChI=1S/C19H16O4/c1-19(2)22-17-12-16(21-3)14(11-15(17)18(20)23-19)10-9-13-7-5-4-6-8-13/h4-8,11-12H,1-3H3. The zero-order valence-corrected chi connectivity index (χ0v) is 13.2. The van der Waals surface area contributed by atoms with Crippen LogP contribution in [0.2, 0.25) is 0 Å². The van der Waals surface area contributed by atoms with Gasteiger partial charge in [0.05, 0.1) is 12.7 Å². The lowest BCUT2D eigenvalue weighted by Gasteiger charge is -2.31. The number of ether oxygens (including phenoxy) is 3. The van der Waals surface area contributed by atoms with E-state index >= 15 is 0 Å². The molecule has 0 radical (unpaired) electrons. The first-order valence-corrected chi connectivity index (χ1v) is 7.20. The maximum atomic E-state index is 12.1. The minimum atomic E-state index is -0.994. The average Bonchev–Trinajstić information content (AvgIpc) is 2.52. The number of benzene rings is 2. The SMILES string of the molecule is COc1cc2c(cc1C#Cc1ccccc1)C(=O)OC(C)(C)O2. The van der Waals surface area contributed by atoms with Gasteiger partial charge in [-0.1, -0.05) is 30.0 Å². The molecule has 2 aromatic carbocycles. The van der Waals surface area contributed by atoms with E-state index in [-0.39, 0.29) is 0 Å². The van der Waals surface area contributed by atoms with Crippen LogP contribution in [-0.4, -0.2) is 18.9 Å². The fourth-order valence-corrected chi connectivity index (χ4v) is 2.30. The molecular weight excluding hydrogens is 292 g/mol. The van der Waals surface area contributed by atoms with Gasteiger partial charge < -0.3 is 14.2 Å². The van der Waals surface area contributed by atoms with Crippen molar-refractivity contribution in [3.05, 3.63) is 59.2 Å². The van der Waals surface area contributed by atoms with Crippen molar-refractivity contribution in [3.63, 3.8) is 0 Å². The molecule has 1 heterocycles. The Morgan fingerprint density at radius 2 is 1.78 bits per heavy atom. The first-order valence-electron chi connectivity index (χ1n) is 7.20. The molecule has 0 fully saturated rings. The molecule has 0 atom stereocenters. The summed E-state index contributed by atoms with van der Waals surface area (Å²) < 4.78 is 16.3. The second-order valence-electron chi connectivity index (χ2n) is 5.56. The number of methoxy groups -OCH3 is 1. The van der Waals surface area contributed by atoms with E-state index in [9.17, 15) is 4.79 Å². The minimum Gasteiger partial charge on any atom is -0.495 e.